The minimum Gasteiger partial charge on any atom is -0.476 e. The largest absolute Gasteiger partial charge is 0.476 e. The van der Waals surface area contributed by atoms with Gasteiger partial charge in [0.25, 0.3) is 0 Å². The van der Waals surface area contributed by atoms with Gasteiger partial charge >= 0.3 is 5.97 Å². The summed E-state index contributed by atoms with van der Waals surface area (Å²) in [5.41, 5.74) is 1.01. The van der Waals surface area contributed by atoms with Crippen LogP contribution in [0.4, 0.5) is 0 Å². The first-order valence-electron chi connectivity index (χ1n) is 5.61. The number of hydrogen-bond donors (Lipinski definition) is 1. The molecule has 0 unspecified atom stereocenters. The van der Waals surface area contributed by atoms with E-state index >= 15 is 0 Å². The Morgan fingerprint density at radius 3 is 2.74 bits per heavy atom. The highest BCUT2D eigenvalue weighted by molar-refractivity contribution is 9.10. The summed E-state index contributed by atoms with van der Waals surface area (Å²) in [7, 11) is 0. The molecule has 100 valence electrons. The highest BCUT2D eigenvalue weighted by Gasteiger charge is 2.07. The molecule has 1 heterocycles. The van der Waals surface area contributed by atoms with Gasteiger partial charge in [-0.2, -0.15) is 0 Å². The third-order valence-corrected chi connectivity index (χ3v) is 2.93. The van der Waals surface area contributed by atoms with Crippen LogP contribution in [0.1, 0.15) is 16.1 Å². The number of aromatic nitrogens is 3. The van der Waals surface area contributed by atoms with Crippen molar-refractivity contribution in [3.05, 3.63) is 46.2 Å². The molecule has 1 N–H and O–H groups in total. The Morgan fingerprint density at radius 2 is 2.11 bits per heavy atom. The van der Waals surface area contributed by atoms with Gasteiger partial charge in [-0.3, -0.25) is 0 Å². The van der Waals surface area contributed by atoms with E-state index in [0.29, 0.717) is 19.8 Å². The molecule has 1 aromatic heterocycles. The van der Waals surface area contributed by atoms with Crippen LogP contribution in [-0.4, -0.2) is 32.7 Å². The second kappa shape index (κ2) is 6.44. The lowest BCUT2D eigenvalue weighted by atomic mass is 10.2. The van der Waals surface area contributed by atoms with Gasteiger partial charge in [-0.05, 0) is 17.7 Å². The number of benzene rings is 1. The van der Waals surface area contributed by atoms with Crippen LogP contribution in [0.3, 0.4) is 0 Å². The summed E-state index contributed by atoms with van der Waals surface area (Å²) >= 11 is 3.36. The van der Waals surface area contributed by atoms with Crippen molar-refractivity contribution in [2.24, 2.45) is 0 Å². The molecule has 6 nitrogen and oxygen atoms in total. The van der Waals surface area contributed by atoms with Crippen molar-refractivity contribution in [2.45, 2.75) is 13.2 Å². The van der Waals surface area contributed by atoms with Crippen LogP contribution >= 0.6 is 15.9 Å². The lowest BCUT2D eigenvalue weighted by molar-refractivity contribution is 0.0690. The number of aromatic carboxylic acids is 1. The van der Waals surface area contributed by atoms with Gasteiger partial charge in [0.05, 0.1) is 26.0 Å². The number of ether oxygens (including phenoxy) is 1. The quantitative estimate of drug-likeness (QED) is 0.821. The molecular formula is C12H12BrN3O3. The van der Waals surface area contributed by atoms with Crippen LogP contribution in [0.5, 0.6) is 0 Å². The average molecular weight is 326 g/mol. The van der Waals surface area contributed by atoms with Crippen LogP contribution in [0.2, 0.25) is 0 Å². The van der Waals surface area contributed by atoms with Crippen molar-refractivity contribution >= 4 is 21.9 Å². The molecule has 0 fully saturated rings. The van der Waals surface area contributed by atoms with Gasteiger partial charge in [0.1, 0.15) is 0 Å². The molecule has 0 atom stereocenters. The molecule has 0 aliphatic carbocycles. The van der Waals surface area contributed by atoms with Gasteiger partial charge in [-0.25, -0.2) is 9.48 Å². The van der Waals surface area contributed by atoms with E-state index in [1.807, 2.05) is 24.3 Å². The van der Waals surface area contributed by atoms with Crippen molar-refractivity contribution < 1.29 is 14.6 Å². The Balaban J connectivity index is 1.74. The number of carbonyl (C=O) groups is 1. The summed E-state index contributed by atoms with van der Waals surface area (Å²) in [6.45, 7) is 1.42. The minimum atomic E-state index is -1.08. The van der Waals surface area contributed by atoms with Crippen LogP contribution in [0.25, 0.3) is 0 Å². The third kappa shape index (κ3) is 4.15. The fraction of sp³-hybridized carbons (Fsp3) is 0.250. The number of hydrogen-bond acceptors (Lipinski definition) is 4. The van der Waals surface area contributed by atoms with Gasteiger partial charge in [0.15, 0.2) is 5.69 Å². The van der Waals surface area contributed by atoms with Gasteiger partial charge in [-0.15, -0.1) is 5.10 Å². The molecule has 0 aliphatic heterocycles. The molecule has 0 saturated heterocycles. The van der Waals surface area contributed by atoms with Crippen LogP contribution < -0.4 is 0 Å². The molecule has 19 heavy (non-hydrogen) atoms. The number of carboxylic acid groups (broad SMARTS) is 1. The number of nitrogens with zero attached hydrogens (tertiary/aromatic N) is 3. The highest BCUT2D eigenvalue weighted by atomic mass is 79.9. The first-order chi connectivity index (χ1) is 9.15. The molecule has 1 aromatic carbocycles. The fourth-order valence-corrected chi connectivity index (χ4v) is 1.70. The first-order valence-corrected chi connectivity index (χ1v) is 6.40. The summed E-state index contributed by atoms with van der Waals surface area (Å²) in [4.78, 5) is 10.6. The summed E-state index contributed by atoms with van der Waals surface area (Å²) < 4.78 is 7.96. The molecule has 0 amide bonds. The minimum absolute atomic E-state index is 0.0621. The molecule has 0 aliphatic rings. The second-order valence-corrected chi connectivity index (χ2v) is 4.77. The maximum Gasteiger partial charge on any atom is 0.358 e. The SMILES string of the molecule is O=C(O)c1cn(CCOCc2ccc(Br)cc2)nn1. The zero-order chi connectivity index (χ0) is 13.7. The van der Waals surface area contributed by atoms with E-state index in [9.17, 15) is 4.79 Å². The van der Waals surface area contributed by atoms with Gasteiger partial charge < -0.3 is 9.84 Å². The average Bonchev–Trinajstić information content (AvgIpc) is 2.86. The zero-order valence-electron chi connectivity index (χ0n) is 9.99. The Labute approximate surface area is 118 Å². The van der Waals surface area contributed by atoms with Gasteiger partial charge in [-0.1, -0.05) is 33.3 Å². The van der Waals surface area contributed by atoms with E-state index in [1.165, 1.54) is 10.9 Å². The van der Waals surface area contributed by atoms with Crippen molar-refractivity contribution in [3.63, 3.8) is 0 Å². The third-order valence-electron chi connectivity index (χ3n) is 2.40. The van der Waals surface area contributed by atoms with Crippen LogP contribution in [-0.2, 0) is 17.9 Å². The molecule has 7 heteroatoms. The summed E-state index contributed by atoms with van der Waals surface area (Å²) in [6.07, 6.45) is 1.38. The lowest BCUT2D eigenvalue weighted by Crippen LogP contribution is -2.06. The van der Waals surface area contributed by atoms with E-state index in [1.54, 1.807) is 0 Å². The van der Waals surface area contributed by atoms with E-state index in [0.717, 1.165) is 10.0 Å². The highest BCUT2D eigenvalue weighted by Crippen LogP contribution is 2.11. The van der Waals surface area contributed by atoms with Crippen molar-refractivity contribution in [1.29, 1.82) is 0 Å². The molecule has 0 bridgehead atoms. The summed E-state index contributed by atoms with van der Waals surface area (Å²) in [5, 5.41) is 15.9. The van der Waals surface area contributed by atoms with Crippen LogP contribution in [0, 0.1) is 0 Å². The second-order valence-electron chi connectivity index (χ2n) is 3.85. The standard InChI is InChI=1S/C12H12BrN3O3/c13-10-3-1-9(2-4-10)8-19-6-5-16-7-11(12(17)18)14-15-16/h1-4,7H,5-6,8H2,(H,17,18). The maximum absolute atomic E-state index is 10.6. The molecule has 0 spiro atoms. The van der Waals surface area contributed by atoms with Crippen molar-refractivity contribution in [2.75, 3.05) is 6.61 Å². The van der Waals surface area contributed by atoms with E-state index in [2.05, 4.69) is 26.2 Å². The maximum atomic E-state index is 10.6. The number of rotatable bonds is 6. The Kier molecular flexibility index (Phi) is 4.64. The van der Waals surface area contributed by atoms with Crippen molar-refractivity contribution in [3.8, 4) is 0 Å². The topological polar surface area (TPSA) is 77.2 Å². The monoisotopic (exact) mass is 325 g/mol. The summed E-state index contributed by atoms with van der Waals surface area (Å²) in [6, 6.07) is 7.86. The smallest absolute Gasteiger partial charge is 0.358 e. The molecule has 0 radical (unpaired) electrons. The number of halogens is 1. The van der Waals surface area contributed by atoms with E-state index in [4.69, 9.17) is 9.84 Å². The Bertz CT molecular complexity index is 554. The number of carboxylic acids is 1. The lowest BCUT2D eigenvalue weighted by Gasteiger charge is -2.04. The van der Waals surface area contributed by atoms with Gasteiger partial charge in [0.2, 0.25) is 0 Å². The Hall–Kier alpha value is -1.73. The summed E-state index contributed by atoms with van der Waals surface area (Å²) in [5.74, 6) is -1.08. The predicted molar refractivity (Wildman–Crippen MR) is 70.8 cm³/mol. The van der Waals surface area contributed by atoms with Crippen LogP contribution in [0.15, 0.2) is 34.9 Å². The fourth-order valence-electron chi connectivity index (χ4n) is 1.43. The van der Waals surface area contributed by atoms with Crippen molar-refractivity contribution in [1.82, 2.24) is 15.0 Å². The molecule has 0 saturated carbocycles. The van der Waals surface area contributed by atoms with Gasteiger partial charge in [0, 0.05) is 4.47 Å². The van der Waals surface area contributed by atoms with E-state index in [-0.39, 0.29) is 5.69 Å². The molecular weight excluding hydrogens is 314 g/mol. The predicted octanol–water partition coefficient (Wildman–Crippen LogP) is 1.96. The zero-order valence-corrected chi connectivity index (χ0v) is 11.6. The van der Waals surface area contributed by atoms with E-state index < -0.39 is 5.97 Å². The first kappa shape index (κ1) is 13.7. The normalized spacial score (nSPS) is 10.6. The molecule has 2 aromatic rings. The molecule has 2 rings (SSSR count). The Morgan fingerprint density at radius 1 is 1.37 bits per heavy atom.